The number of aromatic carboxylic acids is 1. The Morgan fingerprint density at radius 3 is 2.05 bits per heavy atom. The van der Waals surface area contributed by atoms with Crippen LogP contribution in [0.15, 0.2) is 40.8 Å². The summed E-state index contributed by atoms with van der Waals surface area (Å²) < 4.78 is 41.9. The van der Waals surface area contributed by atoms with E-state index in [4.69, 9.17) is 9.52 Å². The van der Waals surface area contributed by atoms with Crippen molar-refractivity contribution in [1.29, 1.82) is 0 Å². The van der Waals surface area contributed by atoms with Gasteiger partial charge in [-0.15, -0.1) is 0 Å². The number of amides is 1. The van der Waals surface area contributed by atoms with Gasteiger partial charge in [-0.1, -0.05) is 0 Å². The molecule has 0 fully saturated rings. The van der Waals surface area contributed by atoms with Gasteiger partial charge in [-0.05, 0) is 36.4 Å². The second-order valence-electron chi connectivity index (χ2n) is 4.00. The van der Waals surface area contributed by atoms with Crippen LogP contribution in [-0.4, -0.2) is 17.0 Å². The molecule has 110 valence electrons. The lowest BCUT2D eigenvalue weighted by molar-refractivity contribution is -0.137. The van der Waals surface area contributed by atoms with E-state index in [1.807, 2.05) is 0 Å². The number of halogens is 3. The normalized spacial score (nSPS) is 11.2. The molecule has 0 unspecified atom stereocenters. The zero-order valence-corrected chi connectivity index (χ0v) is 10.3. The third kappa shape index (κ3) is 3.41. The van der Waals surface area contributed by atoms with Gasteiger partial charge in [0.25, 0.3) is 5.91 Å². The molecule has 2 rings (SSSR count). The smallest absolute Gasteiger partial charge is 0.416 e. The molecular formula is C13H8F3NO4. The SMILES string of the molecule is O=C(O)c1ccc(C(=O)Nc2ccc(C(F)(F)F)cc2)o1. The first-order valence-corrected chi connectivity index (χ1v) is 5.59. The van der Waals surface area contributed by atoms with Crippen molar-refractivity contribution in [2.75, 3.05) is 5.32 Å². The number of anilines is 1. The van der Waals surface area contributed by atoms with Crippen LogP contribution >= 0.6 is 0 Å². The number of nitrogens with one attached hydrogen (secondary N) is 1. The third-order valence-electron chi connectivity index (χ3n) is 2.51. The molecule has 2 aromatic rings. The third-order valence-corrected chi connectivity index (χ3v) is 2.51. The first kappa shape index (κ1) is 14.6. The van der Waals surface area contributed by atoms with E-state index < -0.39 is 29.4 Å². The molecule has 0 bridgehead atoms. The number of carboxylic acid groups (broad SMARTS) is 1. The number of hydrogen-bond donors (Lipinski definition) is 2. The molecule has 0 radical (unpaired) electrons. The van der Waals surface area contributed by atoms with Crippen LogP contribution in [0.1, 0.15) is 26.7 Å². The van der Waals surface area contributed by atoms with E-state index in [1.165, 1.54) is 0 Å². The van der Waals surface area contributed by atoms with E-state index in [-0.39, 0.29) is 11.4 Å². The van der Waals surface area contributed by atoms with E-state index in [0.717, 1.165) is 36.4 Å². The summed E-state index contributed by atoms with van der Waals surface area (Å²) in [6.07, 6.45) is -4.46. The molecule has 1 amide bonds. The molecule has 21 heavy (non-hydrogen) atoms. The molecule has 0 aliphatic rings. The summed E-state index contributed by atoms with van der Waals surface area (Å²) in [6.45, 7) is 0. The predicted molar refractivity (Wildman–Crippen MR) is 65.1 cm³/mol. The van der Waals surface area contributed by atoms with Crippen LogP contribution in [-0.2, 0) is 6.18 Å². The monoisotopic (exact) mass is 299 g/mol. The summed E-state index contributed by atoms with van der Waals surface area (Å²) in [5, 5.41) is 10.9. The average molecular weight is 299 g/mol. The van der Waals surface area contributed by atoms with Crippen molar-refractivity contribution in [3.05, 3.63) is 53.5 Å². The van der Waals surface area contributed by atoms with Gasteiger partial charge in [0.15, 0.2) is 5.76 Å². The Bertz CT molecular complexity index is 673. The molecule has 0 saturated heterocycles. The lowest BCUT2D eigenvalue weighted by atomic mass is 10.2. The summed E-state index contributed by atoms with van der Waals surface area (Å²) in [6, 6.07) is 6.07. The van der Waals surface area contributed by atoms with Gasteiger partial charge in [0.1, 0.15) is 0 Å². The van der Waals surface area contributed by atoms with Crippen molar-refractivity contribution in [1.82, 2.24) is 0 Å². The number of carbonyl (C=O) groups excluding carboxylic acids is 1. The van der Waals surface area contributed by atoms with Gasteiger partial charge in [0, 0.05) is 5.69 Å². The van der Waals surface area contributed by atoms with Gasteiger partial charge in [-0.3, -0.25) is 4.79 Å². The van der Waals surface area contributed by atoms with Crippen LogP contribution in [0.5, 0.6) is 0 Å². The average Bonchev–Trinajstić information content (AvgIpc) is 2.88. The first-order valence-electron chi connectivity index (χ1n) is 5.59. The van der Waals surface area contributed by atoms with E-state index >= 15 is 0 Å². The highest BCUT2D eigenvalue weighted by atomic mass is 19.4. The zero-order chi connectivity index (χ0) is 15.6. The minimum Gasteiger partial charge on any atom is -0.475 e. The maximum Gasteiger partial charge on any atom is 0.416 e. The van der Waals surface area contributed by atoms with Crippen molar-refractivity contribution >= 4 is 17.6 Å². The second-order valence-corrected chi connectivity index (χ2v) is 4.00. The first-order chi connectivity index (χ1) is 9.77. The summed E-state index contributed by atoms with van der Waals surface area (Å²) in [5.41, 5.74) is -0.715. The van der Waals surface area contributed by atoms with Crippen molar-refractivity contribution in [2.45, 2.75) is 6.18 Å². The van der Waals surface area contributed by atoms with Crippen LogP contribution in [0.25, 0.3) is 0 Å². The molecule has 2 N–H and O–H groups in total. The number of furan rings is 1. The Morgan fingerprint density at radius 2 is 1.57 bits per heavy atom. The van der Waals surface area contributed by atoms with Crippen LogP contribution in [0.2, 0.25) is 0 Å². The highest BCUT2D eigenvalue weighted by Crippen LogP contribution is 2.29. The van der Waals surface area contributed by atoms with Crippen molar-refractivity contribution in [3.63, 3.8) is 0 Å². The van der Waals surface area contributed by atoms with Gasteiger partial charge in [0.05, 0.1) is 5.56 Å². The summed E-state index contributed by atoms with van der Waals surface area (Å²) in [7, 11) is 0. The van der Waals surface area contributed by atoms with E-state index in [2.05, 4.69) is 5.32 Å². The predicted octanol–water partition coefficient (Wildman–Crippen LogP) is 3.25. The molecule has 1 aromatic carbocycles. The van der Waals surface area contributed by atoms with Gasteiger partial charge in [-0.25, -0.2) is 4.79 Å². The molecule has 5 nitrogen and oxygen atoms in total. The quantitative estimate of drug-likeness (QED) is 0.911. The topological polar surface area (TPSA) is 79.5 Å². The fraction of sp³-hybridized carbons (Fsp3) is 0.0769. The molecular weight excluding hydrogens is 291 g/mol. The van der Waals surface area contributed by atoms with E-state index in [1.54, 1.807) is 0 Å². The Kier molecular flexibility index (Phi) is 3.70. The zero-order valence-electron chi connectivity index (χ0n) is 10.3. The summed E-state index contributed by atoms with van der Waals surface area (Å²) in [5.74, 6) is -2.76. The minimum atomic E-state index is -4.46. The summed E-state index contributed by atoms with van der Waals surface area (Å²) in [4.78, 5) is 22.3. The van der Waals surface area contributed by atoms with Gasteiger partial charge < -0.3 is 14.8 Å². The number of hydrogen-bond acceptors (Lipinski definition) is 3. The molecule has 0 atom stereocenters. The molecule has 0 aliphatic heterocycles. The standard InChI is InChI=1S/C13H8F3NO4/c14-13(15,16)7-1-3-8(4-2-7)17-11(18)9-5-6-10(21-9)12(19)20/h1-6H,(H,17,18)(H,19,20). The molecule has 8 heteroatoms. The maximum atomic E-state index is 12.4. The molecule has 0 saturated carbocycles. The van der Waals surface area contributed by atoms with E-state index in [0.29, 0.717) is 0 Å². The van der Waals surface area contributed by atoms with Crippen molar-refractivity contribution < 1.29 is 32.3 Å². The molecule has 0 aliphatic carbocycles. The Hall–Kier alpha value is -2.77. The van der Waals surface area contributed by atoms with Crippen LogP contribution in [0, 0.1) is 0 Å². The van der Waals surface area contributed by atoms with Crippen molar-refractivity contribution in [3.8, 4) is 0 Å². The number of alkyl halides is 3. The Labute approximate surface area is 116 Å². The largest absolute Gasteiger partial charge is 0.475 e. The highest BCUT2D eigenvalue weighted by molar-refractivity contribution is 6.02. The number of rotatable bonds is 3. The number of carbonyl (C=O) groups is 2. The highest BCUT2D eigenvalue weighted by Gasteiger charge is 2.30. The lowest BCUT2D eigenvalue weighted by Crippen LogP contribution is -2.11. The van der Waals surface area contributed by atoms with Gasteiger partial charge >= 0.3 is 12.1 Å². The Morgan fingerprint density at radius 1 is 1.00 bits per heavy atom. The fourth-order valence-corrected chi connectivity index (χ4v) is 1.51. The second kappa shape index (κ2) is 5.31. The fourth-order valence-electron chi connectivity index (χ4n) is 1.51. The number of benzene rings is 1. The van der Waals surface area contributed by atoms with Crippen LogP contribution < -0.4 is 5.32 Å². The molecule has 1 aromatic heterocycles. The summed E-state index contributed by atoms with van der Waals surface area (Å²) >= 11 is 0. The molecule has 0 spiro atoms. The van der Waals surface area contributed by atoms with Gasteiger partial charge in [-0.2, -0.15) is 13.2 Å². The lowest BCUT2D eigenvalue weighted by Gasteiger charge is -2.08. The number of carboxylic acids is 1. The molecule has 1 heterocycles. The maximum absolute atomic E-state index is 12.4. The van der Waals surface area contributed by atoms with Gasteiger partial charge in [0.2, 0.25) is 5.76 Å². The van der Waals surface area contributed by atoms with E-state index in [9.17, 15) is 22.8 Å². The van der Waals surface area contributed by atoms with Crippen LogP contribution in [0.3, 0.4) is 0 Å². The van der Waals surface area contributed by atoms with Crippen LogP contribution in [0.4, 0.5) is 18.9 Å². The minimum absolute atomic E-state index is 0.126. The van der Waals surface area contributed by atoms with Crippen molar-refractivity contribution in [2.24, 2.45) is 0 Å². The Balaban J connectivity index is 2.10.